The van der Waals surface area contributed by atoms with Gasteiger partial charge in [-0.2, -0.15) is 0 Å². The van der Waals surface area contributed by atoms with Crippen molar-refractivity contribution in [2.75, 3.05) is 13.1 Å². The van der Waals surface area contributed by atoms with Crippen LogP contribution in [0.2, 0.25) is 0 Å². The van der Waals surface area contributed by atoms with E-state index in [9.17, 15) is 4.79 Å². The predicted molar refractivity (Wildman–Crippen MR) is 71.8 cm³/mol. The summed E-state index contributed by atoms with van der Waals surface area (Å²) in [5.41, 5.74) is 7.54. The Bertz CT molecular complexity index is 442. The molecule has 98 valence electrons. The van der Waals surface area contributed by atoms with E-state index in [1.54, 1.807) is 0 Å². The number of benzene rings is 1. The lowest BCUT2D eigenvalue weighted by molar-refractivity contribution is -0.135. The van der Waals surface area contributed by atoms with Gasteiger partial charge in [0.1, 0.15) is 0 Å². The number of nitrogens with zero attached hydrogens (tertiary/aromatic N) is 1. The molecule has 0 unspecified atom stereocenters. The highest BCUT2D eigenvalue weighted by molar-refractivity contribution is 5.86. The van der Waals surface area contributed by atoms with Crippen LogP contribution in [0.1, 0.15) is 25.0 Å². The third-order valence-corrected chi connectivity index (χ3v) is 3.61. The first-order chi connectivity index (χ1) is 8.54. The molecule has 1 fully saturated rings. The van der Waals surface area contributed by atoms with E-state index in [2.05, 4.69) is 22.3 Å². The molecule has 2 rings (SSSR count). The van der Waals surface area contributed by atoms with Gasteiger partial charge in [0.15, 0.2) is 0 Å². The molecule has 0 atom stereocenters. The fourth-order valence-corrected chi connectivity index (χ4v) is 2.30. The SMILES string of the molecule is CC1(C)C(=O)NCCN1Cc1cccc(CN)c1. The molecule has 4 nitrogen and oxygen atoms in total. The number of amides is 1. The number of hydrogen-bond acceptors (Lipinski definition) is 3. The second-order valence-corrected chi connectivity index (χ2v) is 5.26. The van der Waals surface area contributed by atoms with Crippen LogP contribution in [0.15, 0.2) is 24.3 Å². The van der Waals surface area contributed by atoms with Crippen LogP contribution in [-0.2, 0) is 17.9 Å². The Hall–Kier alpha value is -1.39. The topological polar surface area (TPSA) is 58.4 Å². The average Bonchev–Trinajstić information content (AvgIpc) is 2.36. The molecule has 0 radical (unpaired) electrons. The van der Waals surface area contributed by atoms with Crippen molar-refractivity contribution in [2.45, 2.75) is 32.5 Å². The summed E-state index contributed by atoms with van der Waals surface area (Å²) in [6.07, 6.45) is 0. The molecule has 1 aliphatic heterocycles. The lowest BCUT2D eigenvalue weighted by Gasteiger charge is -2.41. The fourth-order valence-electron chi connectivity index (χ4n) is 2.30. The molecule has 3 N–H and O–H groups in total. The number of hydrogen-bond donors (Lipinski definition) is 2. The Morgan fingerprint density at radius 2 is 2.11 bits per heavy atom. The van der Waals surface area contributed by atoms with Crippen molar-refractivity contribution < 1.29 is 4.79 Å². The minimum absolute atomic E-state index is 0.101. The van der Waals surface area contributed by atoms with Crippen molar-refractivity contribution in [2.24, 2.45) is 5.73 Å². The van der Waals surface area contributed by atoms with Gasteiger partial charge in [-0.15, -0.1) is 0 Å². The molecule has 1 aromatic carbocycles. The summed E-state index contributed by atoms with van der Waals surface area (Å²) in [7, 11) is 0. The fraction of sp³-hybridized carbons (Fsp3) is 0.500. The van der Waals surface area contributed by atoms with E-state index in [1.165, 1.54) is 5.56 Å². The monoisotopic (exact) mass is 247 g/mol. The van der Waals surface area contributed by atoms with Gasteiger partial charge < -0.3 is 11.1 Å². The van der Waals surface area contributed by atoms with Crippen molar-refractivity contribution in [1.29, 1.82) is 0 Å². The lowest BCUT2D eigenvalue weighted by atomic mass is 9.97. The van der Waals surface area contributed by atoms with Gasteiger partial charge in [-0.25, -0.2) is 0 Å². The molecule has 4 heteroatoms. The van der Waals surface area contributed by atoms with Gasteiger partial charge in [0.25, 0.3) is 0 Å². The first kappa shape index (κ1) is 13.1. The van der Waals surface area contributed by atoms with Gasteiger partial charge in [-0.1, -0.05) is 24.3 Å². The molecule has 0 spiro atoms. The maximum Gasteiger partial charge on any atom is 0.240 e. The largest absolute Gasteiger partial charge is 0.353 e. The van der Waals surface area contributed by atoms with Crippen LogP contribution >= 0.6 is 0 Å². The van der Waals surface area contributed by atoms with Crippen molar-refractivity contribution in [3.05, 3.63) is 35.4 Å². The van der Waals surface area contributed by atoms with Crippen molar-refractivity contribution in [1.82, 2.24) is 10.2 Å². The number of carbonyl (C=O) groups excluding carboxylic acids is 1. The maximum atomic E-state index is 11.9. The molecule has 1 aromatic rings. The molecular formula is C14H21N3O. The smallest absolute Gasteiger partial charge is 0.240 e. The first-order valence-electron chi connectivity index (χ1n) is 6.35. The molecule has 1 aliphatic rings. The van der Waals surface area contributed by atoms with Gasteiger partial charge in [0, 0.05) is 26.2 Å². The van der Waals surface area contributed by atoms with Crippen molar-refractivity contribution in [3.63, 3.8) is 0 Å². The second kappa shape index (κ2) is 5.08. The molecule has 1 saturated heterocycles. The summed E-state index contributed by atoms with van der Waals surface area (Å²) in [6, 6.07) is 8.25. The van der Waals surface area contributed by atoms with Crippen LogP contribution in [0.25, 0.3) is 0 Å². The molecule has 1 heterocycles. The van der Waals surface area contributed by atoms with Crippen LogP contribution in [0.5, 0.6) is 0 Å². The van der Waals surface area contributed by atoms with E-state index in [0.717, 1.165) is 25.2 Å². The summed E-state index contributed by atoms with van der Waals surface area (Å²) in [5, 5.41) is 2.91. The van der Waals surface area contributed by atoms with Gasteiger partial charge in [-0.3, -0.25) is 9.69 Å². The zero-order chi connectivity index (χ0) is 13.2. The third-order valence-electron chi connectivity index (χ3n) is 3.61. The highest BCUT2D eigenvalue weighted by Gasteiger charge is 2.37. The quantitative estimate of drug-likeness (QED) is 0.832. The molecule has 0 aromatic heterocycles. The first-order valence-corrected chi connectivity index (χ1v) is 6.35. The number of rotatable bonds is 3. The normalized spacial score (nSPS) is 19.6. The number of nitrogens with two attached hydrogens (primary N) is 1. The Labute approximate surface area is 108 Å². The molecular weight excluding hydrogens is 226 g/mol. The highest BCUT2D eigenvalue weighted by atomic mass is 16.2. The molecule has 18 heavy (non-hydrogen) atoms. The summed E-state index contributed by atoms with van der Waals surface area (Å²) < 4.78 is 0. The number of nitrogens with one attached hydrogen (secondary N) is 1. The Kier molecular flexibility index (Phi) is 3.68. The maximum absolute atomic E-state index is 11.9. The average molecular weight is 247 g/mol. The van der Waals surface area contributed by atoms with Crippen LogP contribution in [-0.4, -0.2) is 29.4 Å². The Morgan fingerprint density at radius 1 is 1.39 bits per heavy atom. The number of carbonyl (C=O) groups is 1. The van der Waals surface area contributed by atoms with Crippen LogP contribution in [0.4, 0.5) is 0 Å². The van der Waals surface area contributed by atoms with Gasteiger partial charge >= 0.3 is 0 Å². The van der Waals surface area contributed by atoms with E-state index < -0.39 is 5.54 Å². The minimum atomic E-state index is -0.447. The Balaban J connectivity index is 2.14. The molecule has 1 amide bonds. The molecule has 0 bridgehead atoms. The van der Waals surface area contributed by atoms with E-state index in [-0.39, 0.29) is 5.91 Å². The molecule has 0 aliphatic carbocycles. The minimum Gasteiger partial charge on any atom is -0.353 e. The Morgan fingerprint density at radius 3 is 2.83 bits per heavy atom. The van der Waals surface area contributed by atoms with Gasteiger partial charge in [-0.05, 0) is 25.0 Å². The van der Waals surface area contributed by atoms with Gasteiger partial charge in [0.05, 0.1) is 5.54 Å². The van der Waals surface area contributed by atoms with E-state index in [4.69, 9.17) is 5.73 Å². The van der Waals surface area contributed by atoms with E-state index >= 15 is 0 Å². The predicted octanol–water partition coefficient (Wildman–Crippen LogP) is 0.856. The second-order valence-electron chi connectivity index (χ2n) is 5.26. The molecule has 0 saturated carbocycles. The summed E-state index contributed by atoms with van der Waals surface area (Å²) in [5.74, 6) is 0.101. The summed E-state index contributed by atoms with van der Waals surface area (Å²) in [4.78, 5) is 14.1. The summed E-state index contributed by atoms with van der Waals surface area (Å²) >= 11 is 0. The lowest BCUT2D eigenvalue weighted by Crippen LogP contribution is -2.61. The van der Waals surface area contributed by atoms with Crippen LogP contribution in [0, 0.1) is 0 Å². The van der Waals surface area contributed by atoms with E-state index in [1.807, 2.05) is 26.0 Å². The standard InChI is InChI=1S/C14H21N3O/c1-14(2)13(18)16-6-7-17(14)10-12-5-3-4-11(8-12)9-15/h3-5,8H,6-7,9-10,15H2,1-2H3,(H,16,18). The van der Waals surface area contributed by atoms with E-state index in [0.29, 0.717) is 6.54 Å². The number of piperazine rings is 1. The highest BCUT2D eigenvalue weighted by Crippen LogP contribution is 2.20. The summed E-state index contributed by atoms with van der Waals surface area (Å²) in [6.45, 7) is 6.87. The zero-order valence-corrected chi connectivity index (χ0v) is 11.1. The van der Waals surface area contributed by atoms with Crippen LogP contribution in [0.3, 0.4) is 0 Å². The third kappa shape index (κ3) is 2.54. The van der Waals surface area contributed by atoms with Crippen LogP contribution < -0.4 is 11.1 Å². The van der Waals surface area contributed by atoms with Crippen molar-refractivity contribution in [3.8, 4) is 0 Å². The zero-order valence-electron chi connectivity index (χ0n) is 11.1. The van der Waals surface area contributed by atoms with Crippen molar-refractivity contribution >= 4 is 5.91 Å². The van der Waals surface area contributed by atoms with Gasteiger partial charge in [0.2, 0.25) is 5.91 Å².